The van der Waals surface area contributed by atoms with Gasteiger partial charge in [-0.25, -0.2) is 4.79 Å². The molecule has 0 spiro atoms. The van der Waals surface area contributed by atoms with Crippen molar-refractivity contribution in [1.29, 1.82) is 0 Å². The average Bonchev–Trinajstić information content (AvgIpc) is 2.50. The standard InChI is InChI=1S/C16H22N2O3/c1-3-10-20-11-9-17-12-14(2)18-16(19)21-13-15-7-5-4-6-8-15/h4-9,12H,3,10-11,13H2,1-2H3,(H,18,19)/b14-12+,17-9?. The number of amides is 1. The predicted octanol–water partition coefficient (Wildman–Crippen LogP) is 3.27. The average molecular weight is 290 g/mol. The van der Waals surface area contributed by atoms with Gasteiger partial charge in [0.05, 0.1) is 6.61 Å². The van der Waals surface area contributed by atoms with Crippen LogP contribution in [-0.4, -0.2) is 25.5 Å². The van der Waals surface area contributed by atoms with E-state index in [1.807, 2.05) is 37.3 Å². The maximum atomic E-state index is 11.6. The molecular formula is C16H22N2O3. The number of carbonyl (C=O) groups excluding carboxylic acids is 1. The molecule has 21 heavy (non-hydrogen) atoms. The van der Waals surface area contributed by atoms with Gasteiger partial charge in [-0.1, -0.05) is 37.3 Å². The van der Waals surface area contributed by atoms with Crippen LogP contribution in [-0.2, 0) is 16.1 Å². The van der Waals surface area contributed by atoms with Crippen LogP contribution in [0.25, 0.3) is 0 Å². The van der Waals surface area contributed by atoms with Crippen LogP contribution in [0.15, 0.2) is 47.2 Å². The number of nitrogens with one attached hydrogen (secondary N) is 1. The van der Waals surface area contributed by atoms with Crippen molar-refractivity contribution in [3.8, 4) is 0 Å². The zero-order valence-corrected chi connectivity index (χ0v) is 12.5. The Bertz CT molecular complexity index is 470. The summed E-state index contributed by atoms with van der Waals surface area (Å²) in [7, 11) is 0. The molecule has 0 aliphatic carbocycles. The maximum absolute atomic E-state index is 11.6. The number of hydrogen-bond acceptors (Lipinski definition) is 4. The molecule has 0 aliphatic heterocycles. The highest BCUT2D eigenvalue weighted by Crippen LogP contribution is 2.01. The normalized spacial score (nSPS) is 11.6. The van der Waals surface area contributed by atoms with E-state index < -0.39 is 6.09 Å². The Morgan fingerprint density at radius 1 is 1.33 bits per heavy atom. The third-order valence-electron chi connectivity index (χ3n) is 2.43. The first kappa shape index (κ1) is 16.9. The van der Waals surface area contributed by atoms with Gasteiger partial charge in [0.1, 0.15) is 6.61 Å². The molecule has 114 valence electrons. The first-order valence-electron chi connectivity index (χ1n) is 6.96. The maximum Gasteiger partial charge on any atom is 0.411 e. The van der Waals surface area contributed by atoms with Crippen LogP contribution in [0.2, 0.25) is 0 Å². The van der Waals surface area contributed by atoms with Gasteiger partial charge in [0.25, 0.3) is 0 Å². The third-order valence-corrected chi connectivity index (χ3v) is 2.43. The number of allylic oxidation sites excluding steroid dienone is 1. The lowest BCUT2D eigenvalue weighted by Gasteiger charge is -2.06. The van der Waals surface area contributed by atoms with E-state index in [9.17, 15) is 4.79 Å². The Kier molecular flexibility index (Phi) is 8.56. The molecule has 0 saturated heterocycles. The van der Waals surface area contributed by atoms with Crippen molar-refractivity contribution in [2.45, 2.75) is 26.9 Å². The molecular weight excluding hydrogens is 268 g/mol. The minimum atomic E-state index is -0.495. The molecule has 0 aliphatic rings. The van der Waals surface area contributed by atoms with Crippen LogP contribution in [0.5, 0.6) is 0 Å². The Balaban J connectivity index is 2.23. The number of rotatable bonds is 8. The molecule has 0 saturated carbocycles. The van der Waals surface area contributed by atoms with Crippen LogP contribution in [0.3, 0.4) is 0 Å². The monoisotopic (exact) mass is 290 g/mol. The van der Waals surface area contributed by atoms with Gasteiger partial charge in [0.15, 0.2) is 0 Å². The molecule has 0 atom stereocenters. The number of aliphatic imine (C=N–C) groups is 1. The summed E-state index contributed by atoms with van der Waals surface area (Å²) in [5.41, 5.74) is 1.56. The minimum absolute atomic E-state index is 0.244. The quantitative estimate of drug-likeness (QED) is 0.590. The van der Waals surface area contributed by atoms with Crippen LogP contribution in [0, 0.1) is 0 Å². The first-order chi connectivity index (χ1) is 10.2. The Morgan fingerprint density at radius 3 is 2.81 bits per heavy atom. The lowest BCUT2D eigenvalue weighted by molar-refractivity contribution is 0.142. The van der Waals surface area contributed by atoms with Gasteiger partial charge in [0.2, 0.25) is 0 Å². The number of carbonyl (C=O) groups is 1. The molecule has 1 aromatic carbocycles. The Hall–Kier alpha value is -2.14. The van der Waals surface area contributed by atoms with Crippen molar-refractivity contribution in [2.24, 2.45) is 4.99 Å². The molecule has 0 bridgehead atoms. The van der Waals surface area contributed by atoms with Gasteiger partial charge in [-0.05, 0) is 18.9 Å². The Labute approximate surface area is 125 Å². The van der Waals surface area contributed by atoms with Crippen molar-refractivity contribution >= 4 is 12.3 Å². The van der Waals surface area contributed by atoms with E-state index in [0.29, 0.717) is 12.3 Å². The van der Waals surface area contributed by atoms with Crippen molar-refractivity contribution in [2.75, 3.05) is 13.2 Å². The van der Waals surface area contributed by atoms with Gasteiger partial charge in [-0.2, -0.15) is 0 Å². The molecule has 0 fully saturated rings. The highest BCUT2D eigenvalue weighted by Gasteiger charge is 2.02. The molecule has 0 radical (unpaired) electrons. The van der Waals surface area contributed by atoms with Crippen LogP contribution < -0.4 is 5.32 Å². The smallest absolute Gasteiger partial charge is 0.411 e. The second-order valence-corrected chi connectivity index (χ2v) is 4.41. The minimum Gasteiger partial charge on any atom is -0.444 e. The van der Waals surface area contributed by atoms with E-state index in [1.54, 1.807) is 19.3 Å². The predicted molar refractivity (Wildman–Crippen MR) is 83.1 cm³/mol. The number of hydrogen-bond donors (Lipinski definition) is 1. The summed E-state index contributed by atoms with van der Waals surface area (Å²) in [5.74, 6) is 0. The zero-order valence-electron chi connectivity index (χ0n) is 12.5. The van der Waals surface area contributed by atoms with E-state index >= 15 is 0 Å². The third kappa shape index (κ3) is 8.60. The van der Waals surface area contributed by atoms with Gasteiger partial charge in [0, 0.05) is 24.7 Å². The fourth-order valence-electron chi connectivity index (χ4n) is 1.44. The highest BCUT2D eigenvalue weighted by molar-refractivity contribution is 5.69. The second kappa shape index (κ2) is 10.6. The SMILES string of the molecule is CCCOCC=N/C=C(\C)NC(=O)OCc1ccccc1. The van der Waals surface area contributed by atoms with E-state index in [-0.39, 0.29) is 6.61 Å². The number of benzene rings is 1. The summed E-state index contributed by atoms with van der Waals surface area (Å²) in [6.45, 7) is 5.23. The lowest BCUT2D eigenvalue weighted by Crippen LogP contribution is -2.22. The van der Waals surface area contributed by atoms with E-state index in [2.05, 4.69) is 10.3 Å². The Morgan fingerprint density at radius 2 is 2.10 bits per heavy atom. The largest absolute Gasteiger partial charge is 0.444 e. The highest BCUT2D eigenvalue weighted by atomic mass is 16.5. The molecule has 0 unspecified atom stereocenters. The molecule has 5 heteroatoms. The van der Waals surface area contributed by atoms with Gasteiger partial charge >= 0.3 is 6.09 Å². The molecule has 1 amide bonds. The van der Waals surface area contributed by atoms with Crippen LogP contribution in [0.4, 0.5) is 4.79 Å². The van der Waals surface area contributed by atoms with E-state index in [4.69, 9.17) is 9.47 Å². The zero-order chi connectivity index (χ0) is 15.3. The van der Waals surface area contributed by atoms with Crippen molar-refractivity contribution < 1.29 is 14.3 Å². The molecule has 0 aromatic heterocycles. The van der Waals surface area contributed by atoms with Crippen molar-refractivity contribution in [1.82, 2.24) is 5.32 Å². The van der Waals surface area contributed by atoms with Gasteiger partial charge in [-0.3, -0.25) is 10.3 Å². The number of nitrogens with zero attached hydrogens (tertiary/aromatic N) is 1. The topological polar surface area (TPSA) is 59.9 Å². The molecule has 1 N–H and O–H groups in total. The molecule has 1 rings (SSSR count). The summed E-state index contributed by atoms with van der Waals surface area (Å²) >= 11 is 0. The second-order valence-electron chi connectivity index (χ2n) is 4.41. The summed E-state index contributed by atoms with van der Waals surface area (Å²) in [6.07, 6.45) is 3.69. The summed E-state index contributed by atoms with van der Waals surface area (Å²) < 4.78 is 10.3. The number of ether oxygens (including phenoxy) is 2. The van der Waals surface area contributed by atoms with Crippen molar-refractivity contribution in [3.63, 3.8) is 0 Å². The summed E-state index contributed by atoms with van der Waals surface area (Å²) in [5, 5.41) is 2.60. The van der Waals surface area contributed by atoms with Crippen LogP contribution in [0.1, 0.15) is 25.8 Å². The fraction of sp³-hybridized carbons (Fsp3) is 0.375. The van der Waals surface area contributed by atoms with E-state index in [0.717, 1.165) is 18.6 Å². The van der Waals surface area contributed by atoms with E-state index in [1.165, 1.54) is 0 Å². The first-order valence-corrected chi connectivity index (χ1v) is 6.96. The molecule has 5 nitrogen and oxygen atoms in total. The lowest BCUT2D eigenvalue weighted by atomic mass is 10.2. The van der Waals surface area contributed by atoms with Crippen molar-refractivity contribution in [3.05, 3.63) is 47.8 Å². The van der Waals surface area contributed by atoms with Gasteiger partial charge < -0.3 is 9.47 Å². The molecule has 1 aromatic rings. The fourth-order valence-corrected chi connectivity index (χ4v) is 1.44. The number of alkyl carbamates (subject to hydrolysis) is 1. The molecule has 0 heterocycles. The van der Waals surface area contributed by atoms with Crippen LogP contribution >= 0.6 is 0 Å². The summed E-state index contributed by atoms with van der Waals surface area (Å²) in [4.78, 5) is 15.6. The summed E-state index contributed by atoms with van der Waals surface area (Å²) in [6, 6.07) is 9.51. The van der Waals surface area contributed by atoms with Gasteiger partial charge in [-0.15, -0.1) is 0 Å².